The summed E-state index contributed by atoms with van der Waals surface area (Å²) in [5.74, 6) is -0.0945. The molecule has 0 amide bonds. The maximum absolute atomic E-state index is 12.8. The van der Waals surface area contributed by atoms with Gasteiger partial charge in [0.25, 0.3) is 0 Å². The molecule has 0 unspecified atom stereocenters. The molecule has 0 fully saturated rings. The quantitative estimate of drug-likeness (QED) is 0.733. The summed E-state index contributed by atoms with van der Waals surface area (Å²) in [7, 11) is 0. The van der Waals surface area contributed by atoms with Gasteiger partial charge in [0.15, 0.2) is 16.8 Å². The van der Waals surface area contributed by atoms with Crippen LogP contribution >= 0.6 is 11.3 Å². The van der Waals surface area contributed by atoms with Gasteiger partial charge in [0, 0.05) is 11.8 Å². The fraction of sp³-hybridized carbons (Fsp3) is 0. The molecule has 0 spiro atoms. The summed E-state index contributed by atoms with van der Waals surface area (Å²) in [6, 6.07) is 0. The highest BCUT2D eigenvalue weighted by molar-refractivity contribution is 7.19. The lowest BCUT2D eigenvalue weighted by atomic mass is 10.2. The molecule has 3 rings (SSSR count). The van der Waals surface area contributed by atoms with Crippen LogP contribution in [0.2, 0.25) is 0 Å². The van der Waals surface area contributed by atoms with Crippen LogP contribution < -0.4 is 5.73 Å². The van der Waals surface area contributed by atoms with Crippen molar-refractivity contribution in [2.75, 3.05) is 5.73 Å². The minimum Gasteiger partial charge on any atom is -0.375 e. The zero-order chi connectivity index (χ0) is 12.5. The maximum Gasteiger partial charge on any atom is 0.181 e. The summed E-state index contributed by atoms with van der Waals surface area (Å²) < 4.78 is 12.8. The fourth-order valence-electron chi connectivity index (χ4n) is 1.49. The highest BCUT2D eigenvalue weighted by atomic mass is 32.1. The molecule has 0 saturated heterocycles. The number of rotatable bonds is 2. The van der Waals surface area contributed by atoms with E-state index < -0.39 is 5.82 Å². The van der Waals surface area contributed by atoms with Crippen LogP contribution in [0, 0.1) is 5.82 Å². The number of nitrogen functional groups attached to an aromatic ring is 1. The van der Waals surface area contributed by atoms with Crippen molar-refractivity contribution in [1.29, 1.82) is 0 Å². The first-order chi connectivity index (χ1) is 8.74. The van der Waals surface area contributed by atoms with E-state index in [4.69, 9.17) is 5.73 Å². The first kappa shape index (κ1) is 10.8. The Morgan fingerprint density at radius 2 is 2.00 bits per heavy atom. The topological polar surface area (TPSA) is 93.4 Å². The number of hydrogen-bond donors (Lipinski definition) is 2. The third-order valence-electron chi connectivity index (χ3n) is 2.24. The summed E-state index contributed by atoms with van der Waals surface area (Å²) in [6.07, 6.45) is 5.54. The summed E-state index contributed by atoms with van der Waals surface area (Å²) in [5, 5.41) is 6.95. The molecule has 3 heterocycles. The van der Waals surface area contributed by atoms with Crippen molar-refractivity contribution < 1.29 is 4.39 Å². The molecular formula is C10H7FN6S. The summed E-state index contributed by atoms with van der Waals surface area (Å²) in [4.78, 5) is 12.8. The summed E-state index contributed by atoms with van der Waals surface area (Å²) in [6.45, 7) is 0. The molecule has 3 aromatic rings. The van der Waals surface area contributed by atoms with Crippen molar-refractivity contribution in [3.8, 4) is 22.0 Å². The van der Waals surface area contributed by atoms with Crippen LogP contribution in [0.4, 0.5) is 9.52 Å². The van der Waals surface area contributed by atoms with E-state index in [0.29, 0.717) is 21.5 Å². The van der Waals surface area contributed by atoms with Gasteiger partial charge in [-0.2, -0.15) is 5.10 Å². The van der Waals surface area contributed by atoms with Crippen molar-refractivity contribution in [1.82, 2.24) is 25.1 Å². The van der Waals surface area contributed by atoms with Gasteiger partial charge in [-0.1, -0.05) is 11.3 Å². The van der Waals surface area contributed by atoms with Gasteiger partial charge in [-0.3, -0.25) is 5.10 Å². The van der Waals surface area contributed by atoms with Crippen LogP contribution in [0.3, 0.4) is 0 Å². The first-order valence-corrected chi connectivity index (χ1v) is 5.79. The van der Waals surface area contributed by atoms with Gasteiger partial charge in [-0.05, 0) is 0 Å². The van der Waals surface area contributed by atoms with E-state index in [0.717, 1.165) is 18.0 Å². The minimum absolute atomic E-state index is 0.391. The van der Waals surface area contributed by atoms with Crippen molar-refractivity contribution in [3.63, 3.8) is 0 Å². The van der Waals surface area contributed by atoms with Crippen LogP contribution in [-0.2, 0) is 0 Å². The van der Waals surface area contributed by atoms with Crippen LogP contribution in [0.1, 0.15) is 0 Å². The number of anilines is 1. The third-order valence-corrected chi connectivity index (χ3v) is 3.12. The van der Waals surface area contributed by atoms with Crippen molar-refractivity contribution in [2.45, 2.75) is 0 Å². The Kier molecular flexibility index (Phi) is 2.49. The Hall–Kier alpha value is -2.35. The Morgan fingerprint density at radius 3 is 2.67 bits per heavy atom. The number of halogens is 1. The third kappa shape index (κ3) is 1.82. The Bertz CT molecular complexity index is 660. The molecule has 0 atom stereocenters. The number of H-pyrrole nitrogens is 1. The van der Waals surface area contributed by atoms with Gasteiger partial charge in [-0.15, -0.1) is 0 Å². The largest absolute Gasteiger partial charge is 0.375 e. The molecule has 0 saturated carbocycles. The summed E-state index contributed by atoms with van der Waals surface area (Å²) in [5.41, 5.74) is 7.12. The second kappa shape index (κ2) is 4.15. The second-order valence-corrected chi connectivity index (χ2v) is 4.47. The number of nitrogens with two attached hydrogens (primary N) is 1. The molecule has 6 nitrogen and oxygen atoms in total. The lowest BCUT2D eigenvalue weighted by Gasteiger charge is -1.97. The second-order valence-electron chi connectivity index (χ2n) is 3.44. The zero-order valence-corrected chi connectivity index (χ0v) is 9.78. The molecule has 0 aliphatic heterocycles. The Labute approximate surface area is 105 Å². The highest BCUT2D eigenvalue weighted by Gasteiger charge is 2.16. The zero-order valence-electron chi connectivity index (χ0n) is 8.96. The molecule has 0 radical (unpaired) electrons. The average molecular weight is 262 g/mol. The summed E-state index contributed by atoms with van der Waals surface area (Å²) >= 11 is 1.25. The minimum atomic E-state index is -0.485. The van der Waals surface area contributed by atoms with Gasteiger partial charge in [-0.25, -0.2) is 19.3 Å². The number of nitrogens with one attached hydrogen (secondary N) is 1. The number of aromatic amines is 1. The Morgan fingerprint density at radius 1 is 1.22 bits per heavy atom. The lowest BCUT2D eigenvalue weighted by molar-refractivity contribution is 0.614. The van der Waals surface area contributed by atoms with Gasteiger partial charge < -0.3 is 5.73 Å². The maximum atomic E-state index is 12.8. The highest BCUT2D eigenvalue weighted by Crippen LogP contribution is 2.35. The fourth-order valence-corrected chi connectivity index (χ4v) is 2.30. The molecule has 0 aliphatic rings. The van der Waals surface area contributed by atoms with E-state index >= 15 is 0 Å². The van der Waals surface area contributed by atoms with Crippen LogP contribution in [-0.4, -0.2) is 25.1 Å². The van der Waals surface area contributed by atoms with Crippen LogP contribution in [0.25, 0.3) is 22.0 Å². The smallest absolute Gasteiger partial charge is 0.181 e. The van der Waals surface area contributed by atoms with E-state index in [1.807, 2.05) is 0 Å². The predicted molar refractivity (Wildman–Crippen MR) is 65.1 cm³/mol. The van der Waals surface area contributed by atoms with Crippen LogP contribution in [0.5, 0.6) is 0 Å². The Balaban J connectivity index is 2.15. The molecule has 0 bridgehead atoms. The molecule has 0 aliphatic carbocycles. The molecule has 3 N–H and O–H groups in total. The SMILES string of the molecule is Nc1nc(-c2cn[nH]c2)c(-c2ncc(F)cn2)s1. The molecule has 0 aromatic carbocycles. The van der Waals surface area contributed by atoms with E-state index in [-0.39, 0.29) is 0 Å². The van der Waals surface area contributed by atoms with Gasteiger partial charge >= 0.3 is 0 Å². The molecular weight excluding hydrogens is 255 g/mol. The monoisotopic (exact) mass is 262 g/mol. The van der Waals surface area contributed by atoms with Gasteiger partial charge in [0.05, 0.1) is 24.3 Å². The van der Waals surface area contributed by atoms with Crippen molar-refractivity contribution in [2.24, 2.45) is 0 Å². The van der Waals surface area contributed by atoms with Crippen molar-refractivity contribution in [3.05, 3.63) is 30.6 Å². The first-order valence-electron chi connectivity index (χ1n) is 4.97. The number of aromatic nitrogens is 5. The van der Waals surface area contributed by atoms with E-state index in [2.05, 4.69) is 25.1 Å². The normalized spacial score (nSPS) is 10.7. The standard InChI is InChI=1S/C10H7FN6S/c11-6-3-13-9(14-4-6)8-7(17-10(12)18-8)5-1-15-16-2-5/h1-4H,(H2,12,17)(H,15,16). The number of nitrogens with zero attached hydrogens (tertiary/aromatic N) is 4. The molecule has 18 heavy (non-hydrogen) atoms. The van der Waals surface area contributed by atoms with Crippen LogP contribution in [0.15, 0.2) is 24.8 Å². The van der Waals surface area contributed by atoms with E-state index in [1.54, 1.807) is 12.4 Å². The predicted octanol–water partition coefficient (Wildman–Crippen LogP) is 1.71. The lowest BCUT2D eigenvalue weighted by Crippen LogP contribution is -1.89. The number of thiazole rings is 1. The molecule has 3 aromatic heterocycles. The van der Waals surface area contributed by atoms with Gasteiger partial charge in [0.2, 0.25) is 0 Å². The average Bonchev–Trinajstić information content (AvgIpc) is 2.98. The van der Waals surface area contributed by atoms with Crippen molar-refractivity contribution >= 4 is 16.5 Å². The van der Waals surface area contributed by atoms with E-state index in [1.165, 1.54) is 11.3 Å². The molecule has 90 valence electrons. The number of hydrogen-bond acceptors (Lipinski definition) is 6. The van der Waals surface area contributed by atoms with E-state index in [9.17, 15) is 4.39 Å². The molecule has 8 heteroatoms. The van der Waals surface area contributed by atoms with Gasteiger partial charge in [0.1, 0.15) is 4.88 Å².